The van der Waals surface area contributed by atoms with Gasteiger partial charge in [-0.15, -0.1) is 0 Å². The van der Waals surface area contributed by atoms with Gasteiger partial charge in [0, 0.05) is 50.8 Å². The summed E-state index contributed by atoms with van der Waals surface area (Å²) in [6.45, 7) is 4.81. The van der Waals surface area contributed by atoms with Crippen molar-refractivity contribution in [3.05, 3.63) is 60.4 Å². The molecule has 2 bridgehead atoms. The molecule has 3 saturated heterocycles. The first kappa shape index (κ1) is 19.0. The fraction of sp³-hybridized carbons (Fsp3) is 0.500. The van der Waals surface area contributed by atoms with E-state index < -0.39 is 6.10 Å². The first-order valence-electron chi connectivity index (χ1n) is 10.4. The highest BCUT2D eigenvalue weighted by atomic mass is 16.7. The molecular weight excluding hydrogens is 368 g/mol. The van der Waals surface area contributed by atoms with Gasteiger partial charge in [0.25, 0.3) is 0 Å². The molecule has 3 aliphatic heterocycles. The monoisotopic (exact) mass is 396 g/mol. The SMILES string of the molecule is O[C@H]1[C@H](NCc2ccncc2)[C@H]2CO[C@H](O2)[C@@H]1N1CCN(c2ccccc2)CC1. The van der Waals surface area contributed by atoms with Crippen LogP contribution in [0.15, 0.2) is 54.9 Å². The van der Waals surface area contributed by atoms with Crippen molar-refractivity contribution >= 4 is 5.69 Å². The Bertz CT molecular complexity index is 785. The van der Waals surface area contributed by atoms with Crippen LogP contribution in [0, 0.1) is 0 Å². The normalized spacial score (nSPS) is 32.4. The lowest BCUT2D eigenvalue weighted by atomic mass is 9.94. The summed E-state index contributed by atoms with van der Waals surface area (Å²) in [5, 5.41) is 14.7. The van der Waals surface area contributed by atoms with Crippen molar-refractivity contribution in [1.82, 2.24) is 15.2 Å². The molecule has 0 radical (unpaired) electrons. The highest BCUT2D eigenvalue weighted by Gasteiger charge is 2.52. The van der Waals surface area contributed by atoms with Gasteiger partial charge in [0.1, 0.15) is 6.10 Å². The molecule has 3 aliphatic rings. The summed E-state index contributed by atoms with van der Waals surface area (Å²) in [5.74, 6) is 0. The van der Waals surface area contributed by atoms with Gasteiger partial charge in [-0.1, -0.05) is 18.2 Å². The number of hydrogen-bond donors (Lipinski definition) is 2. The van der Waals surface area contributed by atoms with E-state index in [0.717, 1.165) is 31.7 Å². The number of pyridine rings is 1. The van der Waals surface area contributed by atoms with Crippen molar-refractivity contribution in [1.29, 1.82) is 0 Å². The van der Waals surface area contributed by atoms with Gasteiger partial charge in [0.15, 0.2) is 6.29 Å². The molecule has 29 heavy (non-hydrogen) atoms. The number of ether oxygens (including phenoxy) is 2. The average Bonchev–Trinajstić information content (AvgIpc) is 3.20. The van der Waals surface area contributed by atoms with Crippen molar-refractivity contribution in [2.24, 2.45) is 0 Å². The number of aromatic nitrogens is 1. The van der Waals surface area contributed by atoms with Gasteiger partial charge in [0.2, 0.25) is 0 Å². The summed E-state index contributed by atoms with van der Waals surface area (Å²) in [5.41, 5.74) is 2.39. The van der Waals surface area contributed by atoms with Crippen LogP contribution in [0.4, 0.5) is 5.69 Å². The molecule has 2 N–H and O–H groups in total. The van der Waals surface area contributed by atoms with E-state index in [0.29, 0.717) is 13.2 Å². The van der Waals surface area contributed by atoms with E-state index in [-0.39, 0.29) is 24.5 Å². The Morgan fingerprint density at radius 1 is 1.03 bits per heavy atom. The Labute approximate surface area is 171 Å². The minimum absolute atomic E-state index is 0.112. The first-order chi connectivity index (χ1) is 14.3. The van der Waals surface area contributed by atoms with Gasteiger partial charge in [0.05, 0.1) is 24.8 Å². The Balaban J connectivity index is 1.24. The van der Waals surface area contributed by atoms with Gasteiger partial charge >= 0.3 is 0 Å². The van der Waals surface area contributed by atoms with Crippen LogP contribution >= 0.6 is 0 Å². The molecular formula is C22H28N4O3. The second-order valence-corrected chi connectivity index (χ2v) is 7.98. The maximum atomic E-state index is 11.2. The molecule has 5 atom stereocenters. The number of aliphatic hydroxyl groups excluding tert-OH is 1. The smallest absolute Gasteiger partial charge is 0.176 e. The number of benzene rings is 1. The molecule has 5 rings (SSSR count). The highest BCUT2D eigenvalue weighted by molar-refractivity contribution is 5.46. The van der Waals surface area contributed by atoms with E-state index in [1.165, 1.54) is 5.69 Å². The number of para-hydroxylation sites is 1. The van der Waals surface area contributed by atoms with Gasteiger partial charge in [-0.05, 0) is 29.8 Å². The quantitative estimate of drug-likeness (QED) is 0.776. The molecule has 1 aromatic heterocycles. The predicted molar refractivity (Wildman–Crippen MR) is 110 cm³/mol. The van der Waals surface area contributed by atoms with Crippen molar-refractivity contribution in [3.63, 3.8) is 0 Å². The molecule has 1 aromatic carbocycles. The Morgan fingerprint density at radius 3 is 2.55 bits per heavy atom. The van der Waals surface area contributed by atoms with E-state index >= 15 is 0 Å². The van der Waals surface area contributed by atoms with Crippen LogP contribution in [0.25, 0.3) is 0 Å². The molecule has 2 aromatic rings. The van der Waals surface area contributed by atoms with Crippen molar-refractivity contribution in [2.45, 2.75) is 37.1 Å². The summed E-state index contributed by atoms with van der Waals surface area (Å²) in [6.07, 6.45) is 2.57. The Hall–Kier alpha value is -2.03. The molecule has 154 valence electrons. The van der Waals surface area contributed by atoms with E-state index in [2.05, 4.69) is 44.4 Å². The number of fused-ring (bicyclic) bond motifs is 2. The molecule has 7 nitrogen and oxygen atoms in total. The van der Waals surface area contributed by atoms with Gasteiger partial charge in [-0.25, -0.2) is 0 Å². The van der Waals surface area contributed by atoms with Crippen LogP contribution in [0.1, 0.15) is 5.56 Å². The predicted octanol–water partition coefficient (Wildman–Crippen LogP) is 0.847. The van der Waals surface area contributed by atoms with E-state index in [4.69, 9.17) is 9.47 Å². The summed E-state index contributed by atoms with van der Waals surface area (Å²) in [6, 6.07) is 14.2. The van der Waals surface area contributed by atoms with Crippen molar-refractivity contribution in [3.8, 4) is 0 Å². The topological polar surface area (TPSA) is 70.1 Å². The molecule has 0 spiro atoms. The number of aliphatic hydroxyl groups is 1. The number of hydrogen-bond acceptors (Lipinski definition) is 7. The fourth-order valence-electron chi connectivity index (χ4n) is 4.70. The summed E-state index contributed by atoms with van der Waals surface area (Å²) < 4.78 is 12.1. The number of piperazine rings is 1. The molecule has 7 heteroatoms. The van der Waals surface area contributed by atoms with E-state index in [1.807, 2.05) is 18.2 Å². The lowest BCUT2D eigenvalue weighted by Gasteiger charge is -2.47. The molecule has 4 heterocycles. The minimum atomic E-state index is -0.536. The minimum Gasteiger partial charge on any atom is -0.390 e. The molecule has 0 aliphatic carbocycles. The Morgan fingerprint density at radius 2 is 1.79 bits per heavy atom. The van der Waals surface area contributed by atoms with Crippen molar-refractivity contribution < 1.29 is 14.6 Å². The van der Waals surface area contributed by atoms with Crippen LogP contribution < -0.4 is 10.2 Å². The molecule has 0 unspecified atom stereocenters. The third-order valence-electron chi connectivity index (χ3n) is 6.28. The molecule has 0 amide bonds. The van der Waals surface area contributed by atoms with E-state index in [9.17, 15) is 5.11 Å². The van der Waals surface area contributed by atoms with Crippen molar-refractivity contribution in [2.75, 3.05) is 37.7 Å². The third kappa shape index (κ3) is 3.89. The van der Waals surface area contributed by atoms with Crippen LogP contribution in [-0.4, -0.2) is 78.4 Å². The average molecular weight is 396 g/mol. The van der Waals surface area contributed by atoms with Gasteiger partial charge in [-0.2, -0.15) is 0 Å². The lowest BCUT2D eigenvalue weighted by molar-refractivity contribution is -0.183. The number of nitrogens with one attached hydrogen (secondary N) is 1. The maximum Gasteiger partial charge on any atom is 0.176 e. The maximum absolute atomic E-state index is 11.2. The van der Waals surface area contributed by atoms with E-state index in [1.54, 1.807) is 12.4 Å². The molecule has 0 saturated carbocycles. The zero-order chi connectivity index (χ0) is 19.6. The zero-order valence-electron chi connectivity index (χ0n) is 16.4. The first-order valence-corrected chi connectivity index (χ1v) is 10.4. The number of nitrogens with zero attached hydrogens (tertiary/aromatic N) is 3. The standard InChI is InChI=1S/C22H28N4O3/c27-21-19(24-14-16-6-8-23-9-7-16)18-15-28-22(29-18)20(21)26-12-10-25(11-13-26)17-4-2-1-3-5-17/h1-9,18-22,24,27H,10-15H2/t18-,19-,20-,21+,22-/m1/s1. The number of anilines is 1. The second-order valence-electron chi connectivity index (χ2n) is 7.98. The molecule has 3 fully saturated rings. The van der Waals surface area contributed by atoms with Crippen LogP contribution in [-0.2, 0) is 16.0 Å². The zero-order valence-corrected chi connectivity index (χ0v) is 16.4. The summed E-state index contributed by atoms with van der Waals surface area (Å²) >= 11 is 0. The lowest BCUT2D eigenvalue weighted by Crippen LogP contribution is -2.66. The van der Waals surface area contributed by atoms with Crippen LogP contribution in [0.5, 0.6) is 0 Å². The van der Waals surface area contributed by atoms with Gasteiger partial charge < -0.3 is 24.8 Å². The summed E-state index contributed by atoms with van der Waals surface area (Å²) in [7, 11) is 0. The van der Waals surface area contributed by atoms with Crippen LogP contribution in [0.2, 0.25) is 0 Å². The number of rotatable bonds is 5. The van der Waals surface area contributed by atoms with Crippen LogP contribution in [0.3, 0.4) is 0 Å². The van der Waals surface area contributed by atoms with Gasteiger partial charge in [-0.3, -0.25) is 9.88 Å². The Kier molecular flexibility index (Phi) is 5.48. The second kappa shape index (κ2) is 8.38. The third-order valence-corrected chi connectivity index (χ3v) is 6.28. The highest BCUT2D eigenvalue weighted by Crippen LogP contribution is 2.32. The largest absolute Gasteiger partial charge is 0.390 e. The fourth-order valence-corrected chi connectivity index (χ4v) is 4.70. The summed E-state index contributed by atoms with van der Waals surface area (Å²) in [4.78, 5) is 8.79.